The lowest BCUT2D eigenvalue weighted by atomic mass is 9.87. The van der Waals surface area contributed by atoms with Crippen LogP contribution in [0.3, 0.4) is 0 Å². The third kappa shape index (κ3) is 3.97. The molecule has 0 radical (unpaired) electrons. The van der Waals surface area contributed by atoms with Crippen LogP contribution in [0.2, 0.25) is 0 Å². The predicted molar refractivity (Wildman–Crippen MR) is 77.8 cm³/mol. The van der Waals surface area contributed by atoms with Crippen LogP contribution < -0.4 is 10.5 Å². The van der Waals surface area contributed by atoms with Crippen molar-refractivity contribution in [3.05, 3.63) is 28.2 Å². The van der Waals surface area contributed by atoms with Gasteiger partial charge in [-0.1, -0.05) is 29.8 Å². The van der Waals surface area contributed by atoms with Crippen molar-refractivity contribution in [3.8, 4) is 5.75 Å². The summed E-state index contributed by atoms with van der Waals surface area (Å²) in [5.41, 5.74) is 6.77. The molecule has 1 aromatic rings. The van der Waals surface area contributed by atoms with E-state index in [1.807, 2.05) is 18.2 Å². The Morgan fingerprint density at radius 3 is 2.56 bits per heavy atom. The number of hydrogen-bond acceptors (Lipinski definition) is 3. The fourth-order valence-corrected chi connectivity index (χ4v) is 2.49. The van der Waals surface area contributed by atoms with Gasteiger partial charge in [0.2, 0.25) is 0 Å². The fraction of sp³-hybridized carbons (Fsp3) is 0.571. The van der Waals surface area contributed by atoms with Crippen molar-refractivity contribution in [1.82, 2.24) is 0 Å². The van der Waals surface area contributed by atoms with E-state index >= 15 is 0 Å². The second-order valence-corrected chi connectivity index (χ2v) is 5.73. The largest absolute Gasteiger partial charge is 0.497 e. The number of benzene rings is 1. The molecule has 102 valence electrons. The van der Waals surface area contributed by atoms with Gasteiger partial charge in [-0.25, -0.2) is 0 Å². The number of methoxy groups -OCH3 is 1. The first kappa shape index (κ1) is 15.5. The highest BCUT2D eigenvalue weighted by atomic mass is 79.9. The first-order valence-corrected chi connectivity index (χ1v) is 6.99. The third-order valence-corrected chi connectivity index (χ3v) is 4.08. The quantitative estimate of drug-likeness (QED) is 0.848. The van der Waals surface area contributed by atoms with Crippen molar-refractivity contribution >= 4 is 15.9 Å². The summed E-state index contributed by atoms with van der Waals surface area (Å²) in [7, 11) is 1.64. The molecule has 0 aliphatic heterocycles. The number of ether oxygens (including phenoxy) is 1. The number of aliphatic hydroxyl groups excluding tert-OH is 1. The zero-order valence-corrected chi connectivity index (χ0v) is 12.8. The molecule has 1 aromatic carbocycles. The van der Waals surface area contributed by atoms with E-state index in [4.69, 9.17) is 10.5 Å². The number of rotatable bonds is 6. The van der Waals surface area contributed by atoms with Gasteiger partial charge in [0.05, 0.1) is 13.2 Å². The summed E-state index contributed by atoms with van der Waals surface area (Å²) in [5, 5.41) is 10.3. The second-order valence-electron chi connectivity index (χ2n) is 4.87. The lowest BCUT2D eigenvalue weighted by Gasteiger charge is -2.25. The molecule has 0 aromatic heterocycles. The minimum atomic E-state index is -0.432. The van der Waals surface area contributed by atoms with Crippen molar-refractivity contribution < 1.29 is 9.84 Å². The van der Waals surface area contributed by atoms with Gasteiger partial charge in [-0.2, -0.15) is 0 Å². The molecule has 0 heterocycles. The monoisotopic (exact) mass is 315 g/mol. The zero-order chi connectivity index (χ0) is 13.7. The summed E-state index contributed by atoms with van der Waals surface area (Å²) in [5.74, 6) is 1.28. The normalized spacial score (nSPS) is 14.6. The van der Waals surface area contributed by atoms with Gasteiger partial charge >= 0.3 is 0 Å². The van der Waals surface area contributed by atoms with Crippen LogP contribution in [0.15, 0.2) is 22.7 Å². The Morgan fingerprint density at radius 2 is 2.06 bits per heavy atom. The summed E-state index contributed by atoms with van der Waals surface area (Å²) in [6, 6.07) is 5.78. The molecular formula is C14H22BrNO2. The fourth-order valence-electron chi connectivity index (χ4n) is 2.08. The Bertz CT molecular complexity index is 382. The molecule has 0 fully saturated rings. The van der Waals surface area contributed by atoms with Gasteiger partial charge < -0.3 is 15.6 Å². The van der Waals surface area contributed by atoms with Crippen molar-refractivity contribution in [2.24, 2.45) is 17.6 Å². The molecule has 1 rings (SSSR count). The van der Waals surface area contributed by atoms with Crippen molar-refractivity contribution in [2.75, 3.05) is 13.7 Å². The average Bonchev–Trinajstić information content (AvgIpc) is 2.32. The number of aliphatic hydroxyl groups is 1. The standard InChI is InChI=1S/C14H22BrNO2/c1-9(2)12(8-16)14(17)7-10-6-11(18-3)4-5-13(10)15/h4-6,9,12,14,17H,7-8,16H2,1-3H3. The lowest BCUT2D eigenvalue weighted by molar-refractivity contribution is 0.0862. The molecule has 18 heavy (non-hydrogen) atoms. The highest BCUT2D eigenvalue weighted by molar-refractivity contribution is 9.10. The Labute approximate surface area is 117 Å². The van der Waals surface area contributed by atoms with E-state index in [-0.39, 0.29) is 5.92 Å². The van der Waals surface area contributed by atoms with Gasteiger partial charge in [0.15, 0.2) is 0 Å². The highest BCUT2D eigenvalue weighted by Gasteiger charge is 2.22. The number of halogens is 1. The molecule has 2 unspecified atom stereocenters. The zero-order valence-electron chi connectivity index (χ0n) is 11.2. The molecule has 2 atom stereocenters. The van der Waals surface area contributed by atoms with Gasteiger partial charge in [0.1, 0.15) is 5.75 Å². The number of nitrogens with two attached hydrogens (primary N) is 1. The Balaban J connectivity index is 2.83. The molecule has 0 amide bonds. The van der Waals surface area contributed by atoms with Crippen molar-refractivity contribution in [1.29, 1.82) is 0 Å². The maximum absolute atomic E-state index is 10.3. The van der Waals surface area contributed by atoms with Crippen molar-refractivity contribution in [2.45, 2.75) is 26.4 Å². The van der Waals surface area contributed by atoms with Crippen LogP contribution in [0.25, 0.3) is 0 Å². The van der Waals surface area contributed by atoms with Crippen LogP contribution in [0.5, 0.6) is 5.75 Å². The minimum absolute atomic E-state index is 0.114. The molecule has 3 N–H and O–H groups in total. The summed E-state index contributed by atoms with van der Waals surface area (Å²) in [6.07, 6.45) is 0.149. The maximum atomic E-state index is 10.3. The number of hydrogen-bond donors (Lipinski definition) is 2. The second kappa shape index (κ2) is 7.12. The summed E-state index contributed by atoms with van der Waals surface area (Å²) in [4.78, 5) is 0. The van der Waals surface area contributed by atoms with Gasteiger partial charge in [-0.15, -0.1) is 0 Å². The molecule has 0 aliphatic carbocycles. The van der Waals surface area contributed by atoms with E-state index in [0.717, 1.165) is 15.8 Å². The first-order chi connectivity index (χ1) is 8.49. The SMILES string of the molecule is COc1ccc(Br)c(CC(O)C(CN)C(C)C)c1. The van der Waals surface area contributed by atoms with E-state index in [1.165, 1.54) is 0 Å². The predicted octanol–water partition coefficient (Wildman–Crippen LogP) is 2.59. The summed E-state index contributed by atoms with van der Waals surface area (Å²) in [6.45, 7) is 4.67. The maximum Gasteiger partial charge on any atom is 0.119 e. The lowest BCUT2D eigenvalue weighted by Crippen LogP contribution is -2.33. The first-order valence-electron chi connectivity index (χ1n) is 6.20. The highest BCUT2D eigenvalue weighted by Crippen LogP contribution is 2.26. The van der Waals surface area contributed by atoms with Crippen LogP contribution in [-0.4, -0.2) is 24.9 Å². The molecular weight excluding hydrogens is 294 g/mol. The molecule has 0 saturated heterocycles. The Hall–Kier alpha value is -0.580. The summed E-state index contributed by atoms with van der Waals surface area (Å²) >= 11 is 3.50. The average molecular weight is 316 g/mol. The van der Waals surface area contributed by atoms with Crippen LogP contribution in [-0.2, 0) is 6.42 Å². The molecule has 0 saturated carbocycles. The Morgan fingerprint density at radius 1 is 1.39 bits per heavy atom. The van der Waals surface area contributed by atoms with Gasteiger partial charge in [0, 0.05) is 4.47 Å². The third-order valence-electron chi connectivity index (χ3n) is 3.30. The van der Waals surface area contributed by atoms with Gasteiger partial charge in [-0.05, 0) is 48.6 Å². The van der Waals surface area contributed by atoms with Crippen molar-refractivity contribution in [3.63, 3.8) is 0 Å². The van der Waals surface area contributed by atoms with Crippen LogP contribution in [0, 0.1) is 11.8 Å². The topological polar surface area (TPSA) is 55.5 Å². The molecule has 4 heteroatoms. The van der Waals surface area contributed by atoms with E-state index < -0.39 is 6.10 Å². The Kier molecular flexibility index (Phi) is 6.12. The van der Waals surface area contributed by atoms with Crippen LogP contribution in [0.1, 0.15) is 19.4 Å². The molecule has 3 nitrogen and oxygen atoms in total. The van der Waals surface area contributed by atoms with Crippen LogP contribution in [0.4, 0.5) is 0 Å². The van der Waals surface area contributed by atoms with Crippen LogP contribution >= 0.6 is 15.9 Å². The van der Waals surface area contributed by atoms with E-state index in [2.05, 4.69) is 29.8 Å². The smallest absolute Gasteiger partial charge is 0.119 e. The van der Waals surface area contributed by atoms with E-state index in [1.54, 1.807) is 7.11 Å². The van der Waals surface area contributed by atoms with Gasteiger partial charge in [0.25, 0.3) is 0 Å². The molecule has 0 bridgehead atoms. The van der Waals surface area contributed by atoms with E-state index in [0.29, 0.717) is 18.9 Å². The van der Waals surface area contributed by atoms with E-state index in [9.17, 15) is 5.11 Å². The molecule has 0 spiro atoms. The minimum Gasteiger partial charge on any atom is -0.497 e. The van der Waals surface area contributed by atoms with Gasteiger partial charge in [-0.3, -0.25) is 0 Å². The summed E-state index contributed by atoms with van der Waals surface area (Å²) < 4.78 is 6.19. The molecule has 0 aliphatic rings.